The molecule has 32 heavy (non-hydrogen) atoms. The Kier molecular flexibility index (Phi) is 9.30. The van der Waals surface area contributed by atoms with E-state index in [-0.39, 0.29) is 17.2 Å². The van der Waals surface area contributed by atoms with Crippen LogP contribution in [0.3, 0.4) is 0 Å². The summed E-state index contributed by atoms with van der Waals surface area (Å²) in [5.41, 5.74) is 3.43. The van der Waals surface area contributed by atoms with Crippen LogP contribution in [0, 0.1) is 0 Å². The van der Waals surface area contributed by atoms with Crippen molar-refractivity contribution in [1.29, 1.82) is 0 Å². The van der Waals surface area contributed by atoms with Gasteiger partial charge >= 0.3 is 0 Å². The number of nitrogens with one attached hydrogen (secondary N) is 1. The maximum absolute atomic E-state index is 13.2. The largest absolute Gasteiger partial charge is 0.497 e. The van der Waals surface area contributed by atoms with Crippen LogP contribution < -0.4 is 10.1 Å². The van der Waals surface area contributed by atoms with Crippen LogP contribution in [0.1, 0.15) is 64.2 Å². The lowest BCUT2D eigenvalue weighted by Gasteiger charge is -2.29. The number of benzene rings is 2. The third kappa shape index (κ3) is 7.40. The Bertz CT molecular complexity index is 885. The van der Waals surface area contributed by atoms with Crippen LogP contribution >= 0.6 is 0 Å². The molecule has 0 fully saturated rings. The fourth-order valence-corrected chi connectivity index (χ4v) is 3.51. The molecule has 1 atom stereocenters. The van der Waals surface area contributed by atoms with Gasteiger partial charge in [-0.2, -0.15) is 0 Å². The van der Waals surface area contributed by atoms with Gasteiger partial charge in [-0.15, -0.1) is 0 Å². The van der Waals surface area contributed by atoms with E-state index in [1.54, 1.807) is 18.9 Å². The molecule has 1 N–H and O–H groups in total. The minimum Gasteiger partial charge on any atom is -0.497 e. The zero-order valence-electron chi connectivity index (χ0n) is 20.4. The number of hydrogen-bond acceptors (Lipinski definition) is 3. The number of amides is 2. The van der Waals surface area contributed by atoms with Crippen molar-refractivity contribution in [3.05, 3.63) is 65.2 Å². The average Bonchev–Trinajstić information content (AvgIpc) is 2.78. The highest BCUT2D eigenvalue weighted by Gasteiger charge is 2.26. The zero-order chi connectivity index (χ0) is 23.7. The van der Waals surface area contributed by atoms with Crippen molar-refractivity contribution in [2.45, 2.75) is 71.9 Å². The first kappa shape index (κ1) is 25.4. The van der Waals surface area contributed by atoms with Crippen molar-refractivity contribution in [3.63, 3.8) is 0 Å². The minimum atomic E-state index is -0.552. The first-order valence-electron chi connectivity index (χ1n) is 11.4. The molecule has 5 nitrogen and oxygen atoms in total. The Balaban J connectivity index is 2.14. The van der Waals surface area contributed by atoms with E-state index < -0.39 is 6.04 Å². The van der Waals surface area contributed by atoms with Crippen LogP contribution in [0.5, 0.6) is 5.75 Å². The predicted octanol–water partition coefficient (Wildman–Crippen LogP) is 4.87. The SMILES string of the molecule is CCCNC(=O)[C@@H](C)N(Cc1cccc(OC)c1)C(=O)CCc1ccc(C(C)(C)C)cc1. The van der Waals surface area contributed by atoms with E-state index in [4.69, 9.17) is 4.74 Å². The molecule has 0 spiro atoms. The molecule has 0 saturated heterocycles. The fraction of sp³-hybridized carbons (Fsp3) is 0.481. The van der Waals surface area contributed by atoms with Gasteiger partial charge in [0.15, 0.2) is 0 Å². The second kappa shape index (κ2) is 11.7. The molecule has 0 aliphatic carbocycles. The molecule has 2 aromatic carbocycles. The summed E-state index contributed by atoms with van der Waals surface area (Å²) < 4.78 is 5.31. The highest BCUT2D eigenvalue weighted by atomic mass is 16.5. The van der Waals surface area contributed by atoms with Gasteiger partial charge in [0.2, 0.25) is 11.8 Å². The summed E-state index contributed by atoms with van der Waals surface area (Å²) in [5, 5.41) is 2.91. The van der Waals surface area contributed by atoms with E-state index in [2.05, 4.69) is 50.4 Å². The van der Waals surface area contributed by atoms with Crippen molar-refractivity contribution in [3.8, 4) is 5.75 Å². The van der Waals surface area contributed by atoms with E-state index in [9.17, 15) is 9.59 Å². The smallest absolute Gasteiger partial charge is 0.242 e. The molecular formula is C27H38N2O3. The quantitative estimate of drug-likeness (QED) is 0.576. The Hall–Kier alpha value is -2.82. The first-order valence-corrected chi connectivity index (χ1v) is 11.4. The summed E-state index contributed by atoms with van der Waals surface area (Å²) in [6.45, 7) is 11.3. The van der Waals surface area contributed by atoms with Crippen LogP contribution in [-0.2, 0) is 28.0 Å². The van der Waals surface area contributed by atoms with E-state index in [0.717, 1.165) is 23.3 Å². The van der Waals surface area contributed by atoms with Crippen molar-refractivity contribution in [2.24, 2.45) is 0 Å². The molecule has 2 amide bonds. The summed E-state index contributed by atoms with van der Waals surface area (Å²) in [6, 6.07) is 15.5. The summed E-state index contributed by atoms with van der Waals surface area (Å²) in [6.07, 6.45) is 1.85. The number of hydrogen-bond donors (Lipinski definition) is 1. The lowest BCUT2D eigenvalue weighted by atomic mass is 9.86. The van der Waals surface area contributed by atoms with Crippen molar-refractivity contribution in [1.82, 2.24) is 10.2 Å². The monoisotopic (exact) mass is 438 g/mol. The van der Waals surface area contributed by atoms with Crippen LogP contribution in [-0.4, -0.2) is 36.4 Å². The topological polar surface area (TPSA) is 58.6 Å². The van der Waals surface area contributed by atoms with Crippen molar-refractivity contribution >= 4 is 11.8 Å². The van der Waals surface area contributed by atoms with Gasteiger partial charge in [-0.25, -0.2) is 0 Å². The zero-order valence-corrected chi connectivity index (χ0v) is 20.4. The molecule has 0 aliphatic rings. The van der Waals surface area contributed by atoms with Crippen LogP contribution in [0.15, 0.2) is 48.5 Å². The highest BCUT2D eigenvalue weighted by molar-refractivity contribution is 5.87. The van der Waals surface area contributed by atoms with Gasteiger partial charge < -0.3 is 15.0 Å². The number of carbonyl (C=O) groups excluding carboxylic acids is 2. The summed E-state index contributed by atoms with van der Waals surface area (Å²) >= 11 is 0. The van der Waals surface area contributed by atoms with Crippen LogP contribution in [0.25, 0.3) is 0 Å². The maximum Gasteiger partial charge on any atom is 0.242 e. The normalized spacial score (nSPS) is 12.2. The molecule has 5 heteroatoms. The van der Waals surface area contributed by atoms with Gasteiger partial charge in [-0.3, -0.25) is 9.59 Å². The van der Waals surface area contributed by atoms with E-state index in [1.807, 2.05) is 31.2 Å². The lowest BCUT2D eigenvalue weighted by molar-refractivity contribution is -0.140. The number of rotatable bonds is 10. The highest BCUT2D eigenvalue weighted by Crippen LogP contribution is 2.23. The molecule has 0 saturated carbocycles. The molecule has 2 aromatic rings. The van der Waals surface area contributed by atoms with E-state index in [1.165, 1.54) is 5.56 Å². The lowest BCUT2D eigenvalue weighted by Crippen LogP contribution is -2.47. The number of aryl methyl sites for hydroxylation is 1. The number of nitrogens with zero attached hydrogens (tertiary/aromatic N) is 1. The molecule has 0 aliphatic heterocycles. The summed E-state index contributed by atoms with van der Waals surface area (Å²) in [4.78, 5) is 27.5. The number of ether oxygens (including phenoxy) is 1. The summed E-state index contributed by atoms with van der Waals surface area (Å²) in [5.74, 6) is 0.571. The Morgan fingerprint density at radius 3 is 2.34 bits per heavy atom. The maximum atomic E-state index is 13.2. The molecular weight excluding hydrogens is 400 g/mol. The van der Waals surface area contributed by atoms with Gasteiger partial charge in [-0.1, -0.05) is 64.1 Å². The second-order valence-corrected chi connectivity index (χ2v) is 9.29. The molecule has 0 heterocycles. The molecule has 0 bridgehead atoms. The van der Waals surface area contributed by atoms with Gasteiger partial charge in [0.05, 0.1) is 7.11 Å². The molecule has 0 unspecified atom stereocenters. The Morgan fingerprint density at radius 1 is 1.06 bits per heavy atom. The van der Waals surface area contributed by atoms with E-state index in [0.29, 0.717) is 25.9 Å². The van der Waals surface area contributed by atoms with Gasteiger partial charge in [-0.05, 0) is 54.0 Å². The Labute approximate surface area is 193 Å². The third-order valence-corrected chi connectivity index (χ3v) is 5.65. The predicted molar refractivity (Wildman–Crippen MR) is 130 cm³/mol. The average molecular weight is 439 g/mol. The molecule has 174 valence electrons. The van der Waals surface area contributed by atoms with Crippen molar-refractivity contribution < 1.29 is 14.3 Å². The second-order valence-electron chi connectivity index (χ2n) is 9.29. The van der Waals surface area contributed by atoms with Gasteiger partial charge in [0.1, 0.15) is 11.8 Å². The Morgan fingerprint density at radius 2 is 1.75 bits per heavy atom. The van der Waals surface area contributed by atoms with Gasteiger partial charge in [0, 0.05) is 19.5 Å². The molecule has 0 aromatic heterocycles. The van der Waals surface area contributed by atoms with Crippen LogP contribution in [0.2, 0.25) is 0 Å². The summed E-state index contributed by atoms with van der Waals surface area (Å²) in [7, 11) is 1.62. The third-order valence-electron chi connectivity index (χ3n) is 5.65. The van der Waals surface area contributed by atoms with E-state index >= 15 is 0 Å². The molecule has 0 radical (unpaired) electrons. The number of carbonyl (C=O) groups is 2. The minimum absolute atomic E-state index is 0.0353. The number of methoxy groups -OCH3 is 1. The standard InChI is InChI=1S/C27H38N2O3/c1-7-17-28-26(31)20(2)29(19-22-9-8-10-24(18-22)32-6)25(30)16-13-21-11-14-23(15-12-21)27(3,4)5/h8-12,14-15,18,20H,7,13,16-17,19H2,1-6H3,(H,28,31)/t20-/m1/s1. The fourth-order valence-electron chi connectivity index (χ4n) is 3.51. The molecule has 2 rings (SSSR count). The first-order chi connectivity index (χ1) is 15.2. The van der Waals surface area contributed by atoms with Crippen molar-refractivity contribution in [2.75, 3.05) is 13.7 Å². The van der Waals surface area contributed by atoms with Gasteiger partial charge in [0.25, 0.3) is 0 Å². The van der Waals surface area contributed by atoms with Crippen LogP contribution in [0.4, 0.5) is 0 Å².